The highest BCUT2D eigenvalue weighted by molar-refractivity contribution is 7.89. The summed E-state index contributed by atoms with van der Waals surface area (Å²) in [5, 5.41) is 6.74. The van der Waals surface area contributed by atoms with Crippen molar-refractivity contribution < 1.29 is 17.7 Å². The summed E-state index contributed by atoms with van der Waals surface area (Å²) >= 11 is 0. The van der Waals surface area contributed by atoms with Gasteiger partial charge in [0.25, 0.3) is 0 Å². The van der Waals surface area contributed by atoms with Gasteiger partial charge in [-0.05, 0) is 56.2 Å². The van der Waals surface area contributed by atoms with Gasteiger partial charge in [0.15, 0.2) is 0 Å². The van der Waals surface area contributed by atoms with Crippen molar-refractivity contribution >= 4 is 21.7 Å². The van der Waals surface area contributed by atoms with Crippen LogP contribution in [0, 0.1) is 27.7 Å². The molecule has 174 valence electrons. The molecule has 2 heterocycles. The summed E-state index contributed by atoms with van der Waals surface area (Å²) in [4.78, 5) is 18.9. The molecule has 2 amide bonds. The fourth-order valence-corrected chi connectivity index (χ4v) is 5.99. The number of sulfonamides is 1. The van der Waals surface area contributed by atoms with Crippen LogP contribution in [0.2, 0.25) is 0 Å². The quantitative estimate of drug-likeness (QED) is 0.626. The first kappa shape index (κ1) is 22.9. The number of amides is 2. The van der Waals surface area contributed by atoms with Crippen LogP contribution in [0.5, 0.6) is 0 Å². The number of hydrogen-bond donors (Lipinski definition) is 1. The first-order valence-corrected chi connectivity index (χ1v) is 12.1. The summed E-state index contributed by atoms with van der Waals surface area (Å²) in [6, 6.07) is 10.6. The fraction of sp³-hybridized carbons (Fsp3) is 0.348. The molecule has 1 aromatic heterocycles. The minimum atomic E-state index is -3.62. The number of carbonyl (C=O) groups is 1. The zero-order valence-corrected chi connectivity index (χ0v) is 19.9. The van der Waals surface area contributed by atoms with Crippen molar-refractivity contribution in [1.29, 1.82) is 0 Å². The van der Waals surface area contributed by atoms with Crippen LogP contribution in [0.4, 0.5) is 10.5 Å². The van der Waals surface area contributed by atoms with Crippen LogP contribution in [0.25, 0.3) is 11.4 Å². The number of nitrogens with zero attached hydrogens (tertiary/aromatic N) is 4. The highest BCUT2D eigenvalue weighted by Crippen LogP contribution is 2.26. The molecule has 2 aromatic carbocycles. The van der Waals surface area contributed by atoms with E-state index in [9.17, 15) is 13.2 Å². The molecule has 0 unspecified atom stereocenters. The summed E-state index contributed by atoms with van der Waals surface area (Å²) in [6.45, 7) is 8.44. The monoisotopic (exact) mass is 469 g/mol. The number of carbonyl (C=O) groups excluding carboxylic acids is 1. The number of anilines is 1. The van der Waals surface area contributed by atoms with Crippen molar-refractivity contribution in [3.8, 4) is 11.4 Å². The molecule has 0 spiro atoms. The number of rotatable bonds is 4. The average Bonchev–Trinajstić information content (AvgIpc) is 3.19. The zero-order chi connectivity index (χ0) is 23.8. The van der Waals surface area contributed by atoms with Crippen molar-refractivity contribution in [3.05, 3.63) is 59.0 Å². The van der Waals surface area contributed by atoms with Gasteiger partial charge in [0.2, 0.25) is 21.7 Å². The summed E-state index contributed by atoms with van der Waals surface area (Å²) in [5.41, 5.74) is 3.93. The van der Waals surface area contributed by atoms with Gasteiger partial charge in [-0.3, -0.25) is 0 Å². The number of urea groups is 1. The average molecular weight is 470 g/mol. The predicted molar refractivity (Wildman–Crippen MR) is 124 cm³/mol. The van der Waals surface area contributed by atoms with Crippen LogP contribution >= 0.6 is 0 Å². The number of benzene rings is 2. The van der Waals surface area contributed by atoms with E-state index in [1.165, 1.54) is 4.31 Å². The Hall–Kier alpha value is -3.24. The van der Waals surface area contributed by atoms with Gasteiger partial charge in [0, 0.05) is 44.4 Å². The van der Waals surface area contributed by atoms with Crippen molar-refractivity contribution in [3.63, 3.8) is 0 Å². The normalized spacial score (nSPS) is 15.0. The number of aryl methyl sites for hydroxylation is 4. The van der Waals surface area contributed by atoms with Crippen molar-refractivity contribution in [2.45, 2.75) is 32.6 Å². The Morgan fingerprint density at radius 3 is 2.12 bits per heavy atom. The number of hydrogen-bond acceptors (Lipinski definition) is 6. The summed E-state index contributed by atoms with van der Waals surface area (Å²) in [7, 11) is -3.62. The fourth-order valence-electron chi connectivity index (χ4n) is 4.16. The molecule has 0 aliphatic carbocycles. The molecule has 1 aliphatic heterocycles. The molecule has 0 radical (unpaired) electrons. The zero-order valence-electron chi connectivity index (χ0n) is 19.1. The molecular formula is C23H27N5O4S. The van der Waals surface area contributed by atoms with Crippen LogP contribution < -0.4 is 5.32 Å². The lowest BCUT2D eigenvalue weighted by Crippen LogP contribution is -2.51. The van der Waals surface area contributed by atoms with Gasteiger partial charge in [-0.15, -0.1) is 0 Å². The summed E-state index contributed by atoms with van der Waals surface area (Å²) in [5.74, 6) is 0.970. The van der Waals surface area contributed by atoms with E-state index in [0.717, 1.165) is 22.3 Å². The van der Waals surface area contributed by atoms with Gasteiger partial charge >= 0.3 is 6.03 Å². The van der Waals surface area contributed by atoms with Crippen molar-refractivity contribution in [2.24, 2.45) is 0 Å². The highest BCUT2D eigenvalue weighted by atomic mass is 32.2. The Bertz CT molecular complexity index is 1250. The molecule has 9 nitrogen and oxygen atoms in total. The van der Waals surface area contributed by atoms with Crippen molar-refractivity contribution in [1.82, 2.24) is 19.3 Å². The Morgan fingerprint density at radius 2 is 1.58 bits per heavy atom. The maximum absolute atomic E-state index is 13.2. The minimum absolute atomic E-state index is 0.249. The standard InChI is InChI=1S/C23H27N5O4S/c1-15-13-16(2)21(17(3)14-15)33(30,31)28-11-9-27(10-12-28)23(29)25-20-7-5-19(6-8-20)22-24-18(4)32-26-22/h5-8,13-14H,9-12H2,1-4H3,(H,25,29). The van der Waals surface area contributed by atoms with Crippen LogP contribution in [-0.2, 0) is 10.0 Å². The third kappa shape index (κ3) is 4.76. The molecule has 4 rings (SSSR count). The van der Waals surface area contributed by atoms with Crippen LogP contribution in [0.3, 0.4) is 0 Å². The van der Waals surface area contributed by atoms with Crippen LogP contribution in [0.1, 0.15) is 22.6 Å². The lowest BCUT2D eigenvalue weighted by atomic mass is 10.1. The second-order valence-electron chi connectivity index (χ2n) is 8.26. The smallest absolute Gasteiger partial charge is 0.321 e. The Labute approximate surface area is 193 Å². The second-order valence-corrected chi connectivity index (χ2v) is 10.1. The van der Waals surface area contributed by atoms with E-state index in [1.54, 1.807) is 36.1 Å². The first-order chi connectivity index (χ1) is 15.6. The topological polar surface area (TPSA) is 109 Å². The molecule has 0 saturated carbocycles. The number of piperazine rings is 1. The molecule has 0 atom stereocenters. The Kier molecular flexibility index (Phi) is 6.22. The molecule has 33 heavy (non-hydrogen) atoms. The molecule has 1 fully saturated rings. The van der Waals surface area contributed by atoms with Gasteiger partial charge in [-0.2, -0.15) is 9.29 Å². The summed E-state index contributed by atoms with van der Waals surface area (Å²) < 4.78 is 32.9. The maximum atomic E-state index is 13.2. The Morgan fingerprint density at radius 1 is 0.970 bits per heavy atom. The molecule has 0 bridgehead atoms. The first-order valence-electron chi connectivity index (χ1n) is 10.7. The molecule has 10 heteroatoms. The van der Waals surface area contributed by atoms with E-state index in [-0.39, 0.29) is 19.1 Å². The molecule has 1 N–H and O–H groups in total. The van der Waals surface area contributed by atoms with Crippen LogP contribution in [0.15, 0.2) is 45.8 Å². The molecule has 1 aliphatic rings. The second kappa shape index (κ2) is 8.95. The summed E-state index contributed by atoms with van der Waals surface area (Å²) in [6.07, 6.45) is 0. The van der Waals surface area contributed by atoms with E-state index in [1.807, 2.05) is 32.9 Å². The SMILES string of the molecule is Cc1cc(C)c(S(=O)(=O)N2CCN(C(=O)Nc3ccc(-c4noc(C)n4)cc3)CC2)c(C)c1. The van der Waals surface area contributed by atoms with Gasteiger partial charge < -0.3 is 14.7 Å². The van der Waals surface area contributed by atoms with E-state index in [2.05, 4.69) is 15.5 Å². The largest absolute Gasteiger partial charge is 0.339 e. The number of aromatic nitrogens is 2. The minimum Gasteiger partial charge on any atom is -0.339 e. The molecular weight excluding hydrogens is 442 g/mol. The highest BCUT2D eigenvalue weighted by Gasteiger charge is 2.32. The molecule has 3 aromatic rings. The third-order valence-electron chi connectivity index (χ3n) is 5.65. The Balaban J connectivity index is 1.38. The molecule has 1 saturated heterocycles. The third-order valence-corrected chi connectivity index (χ3v) is 7.86. The maximum Gasteiger partial charge on any atom is 0.321 e. The van der Waals surface area contributed by atoms with Crippen LogP contribution in [-0.4, -0.2) is 60.0 Å². The van der Waals surface area contributed by atoms with E-state index >= 15 is 0 Å². The van der Waals surface area contributed by atoms with Gasteiger partial charge in [-0.1, -0.05) is 22.9 Å². The van der Waals surface area contributed by atoms with E-state index in [4.69, 9.17) is 4.52 Å². The predicted octanol–water partition coefficient (Wildman–Crippen LogP) is 3.51. The van der Waals surface area contributed by atoms with Gasteiger partial charge in [0.05, 0.1) is 4.90 Å². The van der Waals surface area contributed by atoms with Crippen molar-refractivity contribution in [2.75, 3.05) is 31.5 Å². The van der Waals surface area contributed by atoms with E-state index < -0.39 is 10.0 Å². The van der Waals surface area contributed by atoms with Gasteiger partial charge in [-0.25, -0.2) is 13.2 Å². The van der Waals surface area contributed by atoms with Gasteiger partial charge in [0.1, 0.15) is 0 Å². The van der Waals surface area contributed by atoms with E-state index in [0.29, 0.717) is 35.4 Å². The lowest BCUT2D eigenvalue weighted by Gasteiger charge is -2.34. The lowest BCUT2D eigenvalue weighted by molar-refractivity contribution is 0.184. The number of nitrogens with one attached hydrogen (secondary N) is 1.